The third-order valence-corrected chi connectivity index (χ3v) is 11.7. The van der Waals surface area contributed by atoms with Crippen molar-refractivity contribution >= 4 is 14.3 Å². The van der Waals surface area contributed by atoms with Crippen molar-refractivity contribution in [2.24, 2.45) is 0 Å². The van der Waals surface area contributed by atoms with E-state index in [1.165, 1.54) is 0 Å². The lowest BCUT2D eigenvalue weighted by Gasteiger charge is -2.44. The molecule has 21 heavy (non-hydrogen) atoms. The van der Waals surface area contributed by atoms with Gasteiger partial charge in [0.15, 0.2) is 0 Å². The summed E-state index contributed by atoms with van der Waals surface area (Å²) in [5.41, 5.74) is 1.47. The first-order chi connectivity index (χ1) is 9.90. The maximum atomic E-state index is 12.3. The minimum absolute atomic E-state index is 0.0454. The van der Waals surface area contributed by atoms with Gasteiger partial charge < -0.3 is 9.53 Å². The number of rotatable bonds is 11. The number of hydrogen-bond acceptors (Lipinski definition) is 3. The number of carbonyl (C=O) groups excluding carboxylic acids is 1. The zero-order valence-electron chi connectivity index (χ0n) is 14.9. The highest BCUT2D eigenvalue weighted by molar-refractivity contribution is 6.79. The summed E-state index contributed by atoms with van der Waals surface area (Å²) in [6, 6.07) is 0. The van der Waals surface area contributed by atoms with Crippen LogP contribution in [0.2, 0.25) is 16.6 Å². The Morgan fingerprint density at radius 2 is 1.38 bits per heavy atom. The summed E-state index contributed by atoms with van der Waals surface area (Å²) in [5, 5.41) is 8.85. The Labute approximate surface area is 132 Å². The molecule has 0 aliphatic heterocycles. The van der Waals surface area contributed by atoms with Crippen LogP contribution in [0.15, 0.2) is 0 Å². The standard InChI is InChI=1S/C17H36O3Si/c1-7-14(4)21(15(5)8-2,16(6)9-3)20-17(19)12-10-11-13-18/h14-16,18H,7-13H2,1-6H3. The van der Waals surface area contributed by atoms with Crippen LogP contribution in [0, 0.1) is 0 Å². The van der Waals surface area contributed by atoms with Crippen LogP contribution in [0.4, 0.5) is 0 Å². The van der Waals surface area contributed by atoms with Crippen molar-refractivity contribution < 1.29 is 14.3 Å². The molecule has 0 aromatic heterocycles. The van der Waals surface area contributed by atoms with E-state index in [9.17, 15) is 4.79 Å². The van der Waals surface area contributed by atoms with Gasteiger partial charge in [-0.1, -0.05) is 60.8 Å². The quantitative estimate of drug-likeness (QED) is 0.429. The molecule has 3 unspecified atom stereocenters. The smallest absolute Gasteiger partial charge is 0.292 e. The normalized spacial score (nSPS) is 18.6. The van der Waals surface area contributed by atoms with E-state index >= 15 is 0 Å². The Morgan fingerprint density at radius 3 is 1.71 bits per heavy atom. The summed E-state index contributed by atoms with van der Waals surface area (Å²) in [5.74, 6) is -0.0454. The number of aliphatic hydroxyl groups excluding tert-OH is 1. The predicted molar refractivity (Wildman–Crippen MR) is 91.9 cm³/mol. The van der Waals surface area contributed by atoms with Gasteiger partial charge in [0.05, 0.1) is 0 Å². The topological polar surface area (TPSA) is 46.5 Å². The third kappa shape index (κ3) is 5.40. The molecule has 0 aliphatic carbocycles. The van der Waals surface area contributed by atoms with Gasteiger partial charge in [-0.2, -0.15) is 0 Å². The van der Waals surface area contributed by atoms with Gasteiger partial charge in [0, 0.05) is 13.0 Å². The molecular weight excluding hydrogens is 280 g/mol. The molecule has 0 aliphatic rings. The summed E-state index contributed by atoms with van der Waals surface area (Å²) < 4.78 is 6.26. The lowest BCUT2D eigenvalue weighted by Crippen LogP contribution is -2.51. The fraction of sp³-hybridized carbons (Fsp3) is 0.941. The first-order valence-corrected chi connectivity index (χ1v) is 10.9. The monoisotopic (exact) mass is 316 g/mol. The minimum Gasteiger partial charge on any atom is -0.518 e. The van der Waals surface area contributed by atoms with Crippen LogP contribution in [-0.4, -0.2) is 26.0 Å². The highest BCUT2D eigenvalue weighted by atomic mass is 28.4. The molecule has 3 nitrogen and oxygen atoms in total. The van der Waals surface area contributed by atoms with E-state index in [4.69, 9.17) is 9.53 Å². The highest BCUT2D eigenvalue weighted by Gasteiger charge is 2.51. The van der Waals surface area contributed by atoms with E-state index < -0.39 is 8.32 Å². The van der Waals surface area contributed by atoms with Crippen LogP contribution >= 0.6 is 0 Å². The van der Waals surface area contributed by atoms with Crippen molar-refractivity contribution in [3.05, 3.63) is 0 Å². The summed E-state index contributed by atoms with van der Waals surface area (Å²) in [6.45, 7) is 13.6. The van der Waals surface area contributed by atoms with Gasteiger partial charge in [0.2, 0.25) is 0 Å². The summed E-state index contributed by atoms with van der Waals surface area (Å²) >= 11 is 0. The first-order valence-electron chi connectivity index (χ1n) is 8.73. The van der Waals surface area contributed by atoms with E-state index in [2.05, 4.69) is 41.5 Å². The fourth-order valence-electron chi connectivity index (χ4n) is 3.35. The second kappa shape index (κ2) is 10.4. The van der Waals surface area contributed by atoms with E-state index in [0.29, 0.717) is 29.5 Å². The molecule has 0 rings (SSSR count). The molecule has 4 heteroatoms. The molecule has 0 amide bonds. The molecule has 0 fully saturated rings. The van der Waals surface area contributed by atoms with Crippen LogP contribution in [0.25, 0.3) is 0 Å². The third-order valence-electron chi connectivity index (χ3n) is 5.23. The zero-order chi connectivity index (χ0) is 16.5. The molecular formula is C17H36O3Si. The highest BCUT2D eigenvalue weighted by Crippen LogP contribution is 2.47. The SMILES string of the molecule is CCC(C)[Si](OC(=O)CCCCO)(C(C)CC)C(C)CC. The maximum Gasteiger partial charge on any atom is 0.292 e. The van der Waals surface area contributed by atoms with Gasteiger partial charge in [-0.05, 0) is 29.5 Å². The molecule has 0 radical (unpaired) electrons. The molecule has 0 heterocycles. The molecule has 0 saturated carbocycles. The molecule has 0 bridgehead atoms. The molecule has 0 aromatic carbocycles. The number of aliphatic hydroxyl groups is 1. The van der Waals surface area contributed by atoms with Gasteiger partial charge in [-0.3, -0.25) is 4.79 Å². The van der Waals surface area contributed by atoms with Gasteiger partial charge in [-0.25, -0.2) is 0 Å². The predicted octanol–water partition coefficient (Wildman–Crippen LogP) is 5.04. The Hall–Kier alpha value is -0.353. The van der Waals surface area contributed by atoms with Gasteiger partial charge >= 0.3 is 0 Å². The largest absolute Gasteiger partial charge is 0.518 e. The van der Waals surface area contributed by atoms with Gasteiger partial charge in [0.25, 0.3) is 14.3 Å². The average molecular weight is 317 g/mol. The van der Waals surface area contributed by atoms with Gasteiger partial charge in [0.1, 0.15) is 0 Å². The van der Waals surface area contributed by atoms with Crippen LogP contribution in [0.1, 0.15) is 80.1 Å². The van der Waals surface area contributed by atoms with E-state index in [-0.39, 0.29) is 12.6 Å². The zero-order valence-corrected chi connectivity index (χ0v) is 15.9. The molecule has 1 N–H and O–H groups in total. The first kappa shape index (κ1) is 20.6. The van der Waals surface area contributed by atoms with Crippen LogP contribution in [0.3, 0.4) is 0 Å². The van der Waals surface area contributed by atoms with Crippen LogP contribution < -0.4 is 0 Å². The van der Waals surface area contributed by atoms with E-state index in [0.717, 1.165) is 25.7 Å². The molecule has 3 atom stereocenters. The Kier molecular flexibility index (Phi) is 10.2. The van der Waals surface area contributed by atoms with Crippen molar-refractivity contribution in [1.82, 2.24) is 0 Å². The van der Waals surface area contributed by atoms with Crippen molar-refractivity contribution in [2.75, 3.05) is 6.61 Å². The van der Waals surface area contributed by atoms with Crippen molar-refractivity contribution in [2.45, 2.75) is 96.7 Å². The Balaban J connectivity index is 5.21. The van der Waals surface area contributed by atoms with Crippen LogP contribution in [0.5, 0.6) is 0 Å². The molecule has 126 valence electrons. The number of hydrogen-bond donors (Lipinski definition) is 1. The number of unbranched alkanes of at least 4 members (excludes halogenated alkanes) is 1. The second-order valence-corrected chi connectivity index (χ2v) is 11.3. The van der Waals surface area contributed by atoms with E-state index in [1.807, 2.05) is 0 Å². The lowest BCUT2D eigenvalue weighted by molar-refractivity contribution is -0.135. The summed E-state index contributed by atoms with van der Waals surface area (Å²) in [6.07, 6.45) is 5.07. The molecule has 0 saturated heterocycles. The maximum absolute atomic E-state index is 12.3. The second-order valence-electron chi connectivity index (χ2n) is 6.44. The van der Waals surface area contributed by atoms with Crippen molar-refractivity contribution in [1.29, 1.82) is 0 Å². The van der Waals surface area contributed by atoms with Crippen molar-refractivity contribution in [3.63, 3.8) is 0 Å². The summed E-state index contributed by atoms with van der Waals surface area (Å²) in [4.78, 5) is 12.3. The van der Waals surface area contributed by atoms with Crippen molar-refractivity contribution in [3.8, 4) is 0 Å². The van der Waals surface area contributed by atoms with E-state index in [1.54, 1.807) is 0 Å². The van der Waals surface area contributed by atoms with Crippen LogP contribution in [-0.2, 0) is 9.22 Å². The molecule has 0 spiro atoms. The lowest BCUT2D eigenvalue weighted by atomic mass is 10.2. The Morgan fingerprint density at radius 1 is 0.952 bits per heavy atom. The minimum atomic E-state index is -2.14. The average Bonchev–Trinajstić information content (AvgIpc) is 2.50. The summed E-state index contributed by atoms with van der Waals surface area (Å²) in [7, 11) is -2.14. The Bertz CT molecular complexity index is 267. The molecule has 0 aromatic rings. The fourth-order valence-corrected chi connectivity index (χ4v) is 9.27. The van der Waals surface area contributed by atoms with Gasteiger partial charge in [-0.15, -0.1) is 0 Å². The number of carbonyl (C=O) groups is 1.